The molecule has 0 aliphatic carbocycles. The summed E-state index contributed by atoms with van der Waals surface area (Å²) in [6.07, 6.45) is 0.430. The number of halogens is 1. The molecule has 0 unspecified atom stereocenters. The first-order chi connectivity index (χ1) is 10.6. The van der Waals surface area contributed by atoms with Crippen molar-refractivity contribution in [2.45, 2.75) is 13.0 Å². The van der Waals surface area contributed by atoms with Gasteiger partial charge in [-0.25, -0.2) is 0 Å². The van der Waals surface area contributed by atoms with Gasteiger partial charge in [-0.1, -0.05) is 15.9 Å². The molecule has 0 saturated heterocycles. The Bertz CT molecular complexity index is 1020. The van der Waals surface area contributed by atoms with Crippen LogP contribution in [0.1, 0.15) is 16.8 Å². The van der Waals surface area contributed by atoms with E-state index in [2.05, 4.69) is 20.5 Å². The Labute approximate surface area is 134 Å². The van der Waals surface area contributed by atoms with Crippen molar-refractivity contribution in [3.05, 3.63) is 50.6 Å². The zero-order valence-electron chi connectivity index (χ0n) is 11.9. The smallest absolute Gasteiger partial charge is 0.197 e. The molecule has 0 bridgehead atoms. The number of hydrogen-bond donors (Lipinski definition) is 0. The molecule has 4 rings (SSSR count). The van der Waals surface area contributed by atoms with Gasteiger partial charge in [0.15, 0.2) is 11.2 Å². The minimum Gasteiger partial charge on any atom is -0.497 e. The number of methoxy groups -OCH3 is 1. The highest BCUT2D eigenvalue weighted by molar-refractivity contribution is 9.10. The summed E-state index contributed by atoms with van der Waals surface area (Å²) in [6, 6.07) is 9.06. The molecule has 1 aliphatic heterocycles. The maximum absolute atomic E-state index is 12.8. The maximum atomic E-state index is 12.8. The van der Waals surface area contributed by atoms with Gasteiger partial charge in [0.2, 0.25) is 0 Å². The minimum atomic E-state index is -0.0661. The number of aryl methyl sites for hydroxylation is 1. The molecule has 0 radical (unpaired) electrons. The first-order valence-electron chi connectivity index (χ1n) is 6.97. The summed E-state index contributed by atoms with van der Waals surface area (Å²) in [4.78, 5) is 25.1. The number of pyridine rings is 1. The van der Waals surface area contributed by atoms with E-state index in [4.69, 9.17) is 4.74 Å². The van der Waals surface area contributed by atoms with E-state index in [-0.39, 0.29) is 11.2 Å². The van der Waals surface area contributed by atoms with Crippen LogP contribution in [0.5, 0.6) is 5.75 Å². The number of hydrogen-bond acceptors (Lipinski definition) is 3. The average Bonchev–Trinajstić information content (AvgIpc) is 2.53. The molecule has 5 heteroatoms. The summed E-state index contributed by atoms with van der Waals surface area (Å²) in [5.74, 6) is 0.593. The van der Waals surface area contributed by atoms with E-state index in [1.54, 1.807) is 12.1 Å². The Morgan fingerprint density at radius 3 is 2.73 bits per heavy atom. The first kappa shape index (κ1) is 13.5. The van der Waals surface area contributed by atoms with Gasteiger partial charge in [-0.05, 0) is 30.3 Å². The fraction of sp³-hybridized carbons (Fsp3) is 0.176. The topological polar surface area (TPSA) is 48.3 Å². The van der Waals surface area contributed by atoms with Crippen LogP contribution in [0.3, 0.4) is 0 Å². The maximum Gasteiger partial charge on any atom is 0.197 e. The fourth-order valence-electron chi connectivity index (χ4n) is 3.17. The third-order valence-electron chi connectivity index (χ3n) is 4.19. The van der Waals surface area contributed by atoms with Gasteiger partial charge in [0.1, 0.15) is 5.75 Å². The van der Waals surface area contributed by atoms with Crippen molar-refractivity contribution in [3.8, 4) is 5.75 Å². The number of rotatable bonds is 1. The molecule has 22 heavy (non-hydrogen) atoms. The molecule has 0 spiro atoms. The molecular weight excluding hydrogens is 346 g/mol. The molecule has 0 amide bonds. The van der Waals surface area contributed by atoms with Crippen LogP contribution in [-0.2, 0) is 6.54 Å². The van der Waals surface area contributed by atoms with E-state index in [1.165, 1.54) is 7.11 Å². The summed E-state index contributed by atoms with van der Waals surface area (Å²) in [7, 11) is 1.54. The molecule has 3 aromatic rings. The number of aromatic nitrogens is 1. The van der Waals surface area contributed by atoms with E-state index in [9.17, 15) is 9.59 Å². The zero-order valence-corrected chi connectivity index (χ0v) is 13.4. The predicted molar refractivity (Wildman–Crippen MR) is 88.9 cm³/mol. The number of carbonyl (C=O) groups is 1. The van der Waals surface area contributed by atoms with Gasteiger partial charge in [0, 0.05) is 28.4 Å². The quantitative estimate of drug-likeness (QED) is 0.626. The second-order valence-electron chi connectivity index (χ2n) is 5.39. The summed E-state index contributed by atoms with van der Waals surface area (Å²) >= 11 is 3.45. The lowest BCUT2D eigenvalue weighted by Gasteiger charge is -2.22. The predicted octanol–water partition coefficient (Wildman–Crippen LogP) is 3.51. The Kier molecular flexibility index (Phi) is 2.87. The Hall–Kier alpha value is -2.14. The molecule has 1 aliphatic rings. The summed E-state index contributed by atoms with van der Waals surface area (Å²) in [5.41, 5.74) is 2.07. The minimum absolute atomic E-state index is 0.0534. The van der Waals surface area contributed by atoms with Gasteiger partial charge in [-0.2, -0.15) is 0 Å². The number of nitrogens with zero attached hydrogens (tertiary/aromatic N) is 1. The van der Waals surface area contributed by atoms with Crippen molar-refractivity contribution >= 4 is 43.5 Å². The van der Waals surface area contributed by atoms with E-state index >= 15 is 0 Å². The van der Waals surface area contributed by atoms with Gasteiger partial charge < -0.3 is 9.30 Å². The molecule has 0 atom stereocenters. The van der Waals surface area contributed by atoms with E-state index in [0.717, 1.165) is 9.99 Å². The molecule has 0 N–H and O–H groups in total. The van der Waals surface area contributed by atoms with E-state index < -0.39 is 0 Å². The van der Waals surface area contributed by atoms with Crippen molar-refractivity contribution in [2.75, 3.05) is 7.11 Å². The van der Waals surface area contributed by atoms with Gasteiger partial charge in [-0.3, -0.25) is 9.59 Å². The summed E-state index contributed by atoms with van der Waals surface area (Å²) < 4.78 is 8.23. The van der Waals surface area contributed by atoms with Gasteiger partial charge in [-0.15, -0.1) is 0 Å². The standard InChI is InChI=1S/C17H12BrNO3/c1-22-10-7-12-15(20)4-5-19-14-6-9(18)2-3-11(14)17(21)13(8-10)16(12)19/h2-3,6-8H,4-5H2,1H3. The number of carbonyl (C=O) groups excluding carboxylic acids is 1. The lowest BCUT2D eigenvalue weighted by Crippen LogP contribution is -2.20. The third kappa shape index (κ3) is 1.75. The second kappa shape index (κ2) is 4.68. The number of ketones is 1. The molecule has 0 saturated carbocycles. The highest BCUT2D eigenvalue weighted by Gasteiger charge is 2.23. The molecule has 1 aromatic heterocycles. The van der Waals surface area contributed by atoms with Crippen molar-refractivity contribution in [1.82, 2.24) is 4.57 Å². The van der Waals surface area contributed by atoms with Crippen LogP contribution in [0.15, 0.2) is 39.6 Å². The van der Waals surface area contributed by atoms with Crippen molar-refractivity contribution in [1.29, 1.82) is 0 Å². The lowest BCUT2D eigenvalue weighted by molar-refractivity contribution is 0.0973. The summed E-state index contributed by atoms with van der Waals surface area (Å²) in [6.45, 7) is 0.585. The first-order valence-corrected chi connectivity index (χ1v) is 7.76. The highest BCUT2D eigenvalue weighted by atomic mass is 79.9. The third-order valence-corrected chi connectivity index (χ3v) is 4.69. The molecule has 2 aromatic carbocycles. The normalized spacial score (nSPS) is 13.8. The van der Waals surface area contributed by atoms with E-state index in [0.29, 0.717) is 40.6 Å². The van der Waals surface area contributed by atoms with Crippen molar-refractivity contribution in [2.24, 2.45) is 0 Å². The van der Waals surface area contributed by atoms with Crippen LogP contribution >= 0.6 is 15.9 Å². The van der Waals surface area contributed by atoms with Crippen LogP contribution in [0.4, 0.5) is 0 Å². The largest absolute Gasteiger partial charge is 0.497 e. The van der Waals surface area contributed by atoms with Crippen LogP contribution in [0, 0.1) is 0 Å². The Morgan fingerprint density at radius 2 is 1.95 bits per heavy atom. The number of ether oxygens (including phenoxy) is 1. The molecule has 110 valence electrons. The number of fused-ring (bicyclic) bond motifs is 2. The van der Waals surface area contributed by atoms with Crippen molar-refractivity contribution in [3.63, 3.8) is 0 Å². The highest BCUT2D eigenvalue weighted by Crippen LogP contribution is 2.31. The van der Waals surface area contributed by atoms with Crippen molar-refractivity contribution < 1.29 is 9.53 Å². The number of benzene rings is 2. The van der Waals surface area contributed by atoms with Crippen LogP contribution in [0.2, 0.25) is 0 Å². The molecular formula is C17H12BrNO3. The number of Topliss-reactive ketones (excluding diaryl/α,β-unsaturated/α-hetero) is 1. The SMILES string of the molecule is COc1cc2c3c(c1)c(=O)c1ccc(Br)cc1n3CCC2=O. The second-order valence-corrected chi connectivity index (χ2v) is 6.30. The van der Waals surface area contributed by atoms with Crippen LogP contribution in [-0.4, -0.2) is 17.5 Å². The van der Waals surface area contributed by atoms with Gasteiger partial charge in [0.05, 0.1) is 23.5 Å². The van der Waals surface area contributed by atoms with Crippen LogP contribution < -0.4 is 10.2 Å². The molecule has 2 heterocycles. The summed E-state index contributed by atoms with van der Waals surface area (Å²) in [5, 5.41) is 1.20. The fourth-order valence-corrected chi connectivity index (χ4v) is 3.52. The van der Waals surface area contributed by atoms with Gasteiger partial charge >= 0.3 is 0 Å². The van der Waals surface area contributed by atoms with E-state index in [1.807, 2.05) is 18.2 Å². The average molecular weight is 358 g/mol. The Balaban J connectivity index is 2.32. The lowest BCUT2D eigenvalue weighted by atomic mass is 9.97. The van der Waals surface area contributed by atoms with Crippen LogP contribution in [0.25, 0.3) is 21.8 Å². The monoisotopic (exact) mass is 357 g/mol. The molecule has 0 fully saturated rings. The van der Waals surface area contributed by atoms with Gasteiger partial charge in [0.25, 0.3) is 0 Å². The Morgan fingerprint density at radius 1 is 1.14 bits per heavy atom. The zero-order chi connectivity index (χ0) is 15.4. The molecule has 4 nitrogen and oxygen atoms in total.